The molecule has 5 N–H and O–H groups in total. The van der Waals surface area contributed by atoms with E-state index in [0.717, 1.165) is 24.8 Å². The Morgan fingerprint density at radius 3 is 1.79 bits per heavy atom. The molecule has 0 fully saturated rings. The maximum Gasteiger partial charge on any atom is 0.371 e. The molecule has 2 aromatic carbocycles. The second-order valence-corrected chi connectivity index (χ2v) is 14.8. The lowest BCUT2D eigenvalue weighted by Crippen LogP contribution is -2.13. The lowest BCUT2D eigenvalue weighted by molar-refractivity contribution is -0.143. The van der Waals surface area contributed by atoms with Gasteiger partial charge >= 0.3 is 29.8 Å². The fraction of sp³-hybridized carbons (Fsp3) is 0.457. The van der Waals surface area contributed by atoms with Gasteiger partial charge in [0.25, 0.3) is 0 Å². The van der Waals surface area contributed by atoms with Crippen molar-refractivity contribution in [2.24, 2.45) is 0 Å². The van der Waals surface area contributed by atoms with Crippen LogP contribution in [0.25, 0.3) is 11.3 Å². The van der Waals surface area contributed by atoms with Crippen LogP contribution < -0.4 is 4.74 Å². The number of ether oxygens (including phenoxy) is 1. The van der Waals surface area contributed by atoms with E-state index in [0.29, 0.717) is 53.5 Å². The summed E-state index contributed by atoms with van der Waals surface area (Å²) in [6.07, 6.45) is 16.6. The molecule has 2 aromatic heterocycles. The van der Waals surface area contributed by atoms with Crippen molar-refractivity contribution in [2.45, 2.75) is 129 Å². The molecule has 1 atom stereocenters. The number of furan rings is 1. The van der Waals surface area contributed by atoms with Crippen molar-refractivity contribution in [3.63, 3.8) is 0 Å². The lowest BCUT2D eigenvalue weighted by Gasteiger charge is -2.09. The normalized spacial score (nSPS) is 11.7. The number of nitrogens with zero attached hydrogens (tertiary/aromatic N) is 1. The number of carboxylic acids is 5. The summed E-state index contributed by atoms with van der Waals surface area (Å²) >= 11 is 5.81. The highest BCUT2D eigenvalue weighted by atomic mass is 35.5. The van der Waals surface area contributed by atoms with Gasteiger partial charge in [-0.1, -0.05) is 107 Å². The molecule has 61 heavy (non-hydrogen) atoms. The van der Waals surface area contributed by atoms with Gasteiger partial charge < -0.3 is 39.3 Å². The number of aryl methyl sites for hydroxylation is 1. The molecule has 0 saturated heterocycles. The van der Waals surface area contributed by atoms with Gasteiger partial charge in [0, 0.05) is 23.7 Å². The molecule has 0 saturated carbocycles. The number of carboxylic acid groups (broad SMARTS) is 5. The molecule has 0 aliphatic carbocycles. The molecule has 13 nitrogen and oxygen atoms in total. The molecule has 334 valence electrons. The zero-order chi connectivity index (χ0) is 45.2. The van der Waals surface area contributed by atoms with Crippen LogP contribution in [0.1, 0.15) is 146 Å². The molecule has 5 rings (SSSR count). The molecule has 1 unspecified atom stereocenters. The van der Waals surface area contributed by atoms with E-state index in [-0.39, 0.29) is 29.7 Å². The first kappa shape index (κ1) is 51.5. The summed E-state index contributed by atoms with van der Waals surface area (Å²) in [5.74, 6) is -4.92. The van der Waals surface area contributed by atoms with Gasteiger partial charge in [0.15, 0.2) is 6.17 Å². The highest BCUT2D eigenvalue weighted by Gasteiger charge is 2.33. The number of hydrogen-bond acceptors (Lipinski definition) is 7. The average molecular weight is 872 g/mol. The molecule has 0 spiro atoms. The van der Waals surface area contributed by atoms with Crippen LogP contribution in [0.2, 0.25) is 5.02 Å². The summed E-state index contributed by atoms with van der Waals surface area (Å²) in [5.41, 5.74) is 2.40. The summed E-state index contributed by atoms with van der Waals surface area (Å²) in [6.45, 7) is 2.87. The van der Waals surface area contributed by atoms with Crippen molar-refractivity contribution in [1.82, 2.24) is 4.57 Å². The van der Waals surface area contributed by atoms with E-state index < -0.39 is 36.0 Å². The number of aromatic carboxylic acids is 3. The van der Waals surface area contributed by atoms with Gasteiger partial charge in [-0.15, -0.1) is 0 Å². The van der Waals surface area contributed by atoms with Crippen LogP contribution >= 0.6 is 11.6 Å². The van der Waals surface area contributed by atoms with E-state index in [4.69, 9.17) is 31.7 Å². The van der Waals surface area contributed by atoms with Crippen molar-refractivity contribution in [1.29, 1.82) is 0 Å². The first-order chi connectivity index (χ1) is 29.2. The molecule has 4 aromatic rings. The summed E-state index contributed by atoms with van der Waals surface area (Å²) in [5, 5.41) is 44.6. The molecule has 1 aliphatic heterocycles. The van der Waals surface area contributed by atoms with E-state index in [1.165, 1.54) is 76.2 Å². The van der Waals surface area contributed by atoms with Gasteiger partial charge in [-0.25, -0.2) is 23.6 Å². The Hall–Kier alpha value is -5.63. The highest BCUT2D eigenvalue weighted by molar-refractivity contribution is 6.31. The largest absolute Gasteiger partial charge is 0.497 e. The molecule has 0 radical (unpaired) electrons. The first-order valence-electron chi connectivity index (χ1n) is 20.7. The standard InChI is InChI=1S/C16H31FO2.C16H15NO5.C9H9ClO2.C5H4O3/c1-2-3-4-5-6-7-8-9-10-11-12-13-14-15(17)16(18)19;1-22-10-6-4-9(5-7-10)14-13(16(20)21)12(15(18)19)11-3-2-8-17(11)14;10-8-4-2-1-3-7(8)5-6-9(11)12;6-5(7)4-2-1-3-8-4/h15H,2-14H2,1H3,(H,18,19);4-7H,2-3,8H2,1H3,(H,18,19)(H,20,21);1-4H,5-6H2,(H,11,12);1-3H,(H,6,7). The maximum atomic E-state index is 12.7. The second kappa shape index (κ2) is 28.8. The van der Waals surface area contributed by atoms with Gasteiger partial charge in [-0.05, 0) is 85.7 Å². The summed E-state index contributed by atoms with van der Waals surface area (Å²) in [6, 6.07) is 17.2. The Morgan fingerprint density at radius 1 is 0.754 bits per heavy atom. The molecule has 0 amide bonds. The number of carbonyl (C=O) groups is 5. The predicted octanol–water partition coefficient (Wildman–Crippen LogP) is 11.3. The number of hydrogen-bond donors (Lipinski definition) is 5. The first-order valence-corrected chi connectivity index (χ1v) is 21.1. The van der Waals surface area contributed by atoms with E-state index >= 15 is 0 Å². The second-order valence-electron chi connectivity index (χ2n) is 14.4. The molecule has 3 heterocycles. The number of unbranched alkanes of at least 4 members (excludes halogenated alkanes) is 11. The molecule has 1 aliphatic rings. The smallest absolute Gasteiger partial charge is 0.371 e. The van der Waals surface area contributed by atoms with E-state index in [9.17, 15) is 38.6 Å². The topological polar surface area (TPSA) is 214 Å². The minimum Gasteiger partial charge on any atom is -0.497 e. The minimum absolute atomic E-state index is 0.0231. The van der Waals surface area contributed by atoms with Gasteiger partial charge in [0.2, 0.25) is 5.76 Å². The minimum atomic E-state index is -1.66. The summed E-state index contributed by atoms with van der Waals surface area (Å²) in [7, 11) is 1.55. The van der Waals surface area contributed by atoms with Crippen LogP contribution in [0.5, 0.6) is 5.75 Å². The van der Waals surface area contributed by atoms with Gasteiger partial charge in [0.1, 0.15) is 5.75 Å². The number of aromatic nitrogens is 1. The molecule has 15 heteroatoms. The Kier molecular flexibility index (Phi) is 24.3. The fourth-order valence-electron chi connectivity index (χ4n) is 6.70. The van der Waals surface area contributed by atoms with E-state index in [2.05, 4.69) is 11.3 Å². The zero-order valence-electron chi connectivity index (χ0n) is 35.0. The van der Waals surface area contributed by atoms with Gasteiger partial charge in [0.05, 0.1) is 30.2 Å². The lowest BCUT2D eigenvalue weighted by atomic mass is 10.0. The number of rotatable bonds is 22. The van der Waals surface area contributed by atoms with Crippen LogP contribution in [0.15, 0.2) is 71.3 Å². The summed E-state index contributed by atoms with van der Waals surface area (Å²) < 4.78 is 24.1. The SMILES string of the molecule is CCCCCCCCCCCCCCC(F)C(=O)O.COc1ccc(-c2c(C(=O)O)c(C(=O)O)c3n2CCC3)cc1.O=C(O)CCc1ccccc1Cl.O=C(O)c1ccco1. The number of halogens is 2. The van der Waals surface area contributed by atoms with Gasteiger partial charge in [-0.3, -0.25) is 4.79 Å². The van der Waals surface area contributed by atoms with E-state index in [1.807, 2.05) is 22.8 Å². The maximum absolute atomic E-state index is 12.7. The van der Waals surface area contributed by atoms with Crippen molar-refractivity contribution in [2.75, 3.05) is 7.11 Å². The van der Waals surface area contributed by atoms with Gasteiger partial charge in [-0.2, -0.15) is 0 Å². The molecule has 0 bridgehead atoms. The number of methoxy groups -OCH3 is 1. The van der Waals surface area contributed by atoms with Crippen LogP contribution in [0, 0.1) is 0 Å². The Balaban J connectivity index is 0.000000298. The van der Waals surface area contributed by atoms with Crippen molar-refractivity contribution < 1.29 is 63.0 Å². The molecular formula is C46H59ClFNO12. The zero-order valence-corrected chi connectivity index (χ0v) is 35.7. The number of alkyl halides is 1. The van der Waals surface area contributed by atoms with Crippen molar-refractivity contribution in [3.05, 3.63) is 100 Å². The highest BCUT2D eigenvalue weighted by Crippen LogP contribution is 2.36. The van der Waals surface area contributed by atoms with Crippen molar-refractivity contribution in [3.8, 4) is 17.0 Å². The third-order valence-electron chi connectivity index (χ3n) is 9.83. The Labute approximate surface area is 361 Å². The fourth-order valence-corrected chi connectivity index (χ4v) is 6.93. The number of benzene rings is 2. The van der Waals surface area contributed by atoms with E-state index in [1.54, 1.807) is 37.4 Å². The van der Waals surface area contributed by atoms with Crippen molar-refractivity contribution >= 4 is 41.4 Å². The number of fused-ring (bicyclic) bond motifs is 1. The van der Waals surface area contributed by atoms with Crippen LogP contribution in [-0.4, -0.2) is 73.2 Å². The predicted molar refractivity (Wildman–Crippen MR) is 230 cm³/mol. The Morgan fingerprint density at radius 2 is 1.33 bits per heavy atom. The van der Waals surface area contributed by atoms with Crippen LogP contribution in [0.4, 0.5) is 4.39 Å². The third kappa shape index (κ3) is 18.7. The quantitative estimate of drug-likeness (QED) is 0.0467. The summed E-state index contributed by atoms with van der Waals surface area (Å²) in [4.78, 5) is 53.6. The van der Waals surface area contributed by atoms with Crippen LogP contribution in [-0.2, 0) is 29.0 Å². The Bertz CT molecular complexity index is 1940. The average Bonchev–Trinajstić information content (AvgIpc) is 4.01. The third-order valence-corrected chi connectivity index (χ3v) is 10.2. The monoisotopic (exact) mass is 871 g/mol. The molecular weight excluding hydrogens is 813 g/mol. The van der Waals surface area contributed by atoms with Crippen LogP contribution in [0.3, 0.4) is 0 Å². The number of aliphatic carboxylic acids is 2.